The predicted octanol–water partition coefficient (Wildman–Crippen LogP) is 1.71. The van der Waals surface area contributed by atoms with Crippen LogP contribution >= 0.6 is 0 Å². The number of piperidine rings is 1. The standard InChI is InChI=1S/C12H18N4O2/c1-9-6-12(15-8-11(9)16(17)18)14-7-10-2-4-13-5-3-10/h6,8,10,13H,2-5,7H2,1H3,(H,14,15). The summed E-state index contributed by atoms with van der Waals surface area (Å²) in [6.45, 7) is 4.75. The van der Waals surface area contributed by atoms with Gasteiger partial charge in [0.05, 0.1) is 4.92 Å². The Labute approximate surface area is 106 Å². The molecule has 0 saturated carbocycles. The Morgan fingerprint density at radius 3 is 2.89 bits per heavy atom. The van der Waals surface area contributed by atoms with Gasteiger partial charge in [0.25, 0.3) is 5.69 Å². The molecule has 1 aromatic heterocycles. The average molecular weight is 250 g/mol. The Hall–Kier alpha value is -1.69. The van der Waals surface area contributed by atoms with E-state index in [1.807, 2.05) is 0 Å². The smallest absolute Gasteiger partial charge is 0.290 e. The Bertz CT molecular complexity index is 430. The molecule has 1 saturated heterocycles. The summed E-state index contributed by atoms with van der Waals surface area (Å²) in [5.74, 6) is 1.38. The van der Waals surface area contributed by atoms with Crippen LogP contribution < -0.4 is 10.6 Å². The number of nitrogens with zero attached hydrogens (tertiary/aromatic N) is 2. The Morgan fingerprint density at radius 2 is 2.28 bits per heavy atom. The maximum absolute atomic E-state index is 10.7. The zero-order valence-electron chi connectivity index (χ0n) is 10.5. The van der Waals surface area contributed by atoms with Crippen molar-refractivity contribution < 1.29 is 4.92 Å². The van der Waals surface area contributed by atoms with Crippen molar-refractivity contribution in [2.45, 2.75) is 19.8 Å². The van der Waals surface area contributed by atoms with Crippen molar-refractivity contribution in [3.63, 3.8) is 0 Å². The third-order valence-corrected chi connectivity index (χ3v) is 3.31. The molecule has 0 spiro atoms. The molecule has 1 aromatic rings. The van der Waals surface area contributed by atoms with Crippen LogP contribution in [0.25, 0.3) is 0 Å². The largest absolute Gasteiger partial charge is 0.370 e. The minimum absolute atomic E-state index is 0.0717. The first kappa shape index (κ1) is 12.8. The number of nitro groups is 1. The number of anilines is 1. The lowest BCUT2D eigenvalue weighted by atomic mass is 9.98. The molecular weight excluding hydrogens is 232 g/mol. The highest BCUT2D eigenvalue weighted by Crippen LogP contribution is 2.19. The van der Waals surface area contributed by atoms with E-state index < -0.39 is 4.92 Å². The fourth-order valence-corrected chi connectivity index (χ4v) is 2.17. The van der Waals surface area contributed by atoms with Crippen LogP contribution in [0.15, 0.2) is 12.3 Å². The van der Waals surface area contributed by atoms with Crippen LogP contribution in [0.4, 0.5) is 11.5 Å². The van der Waals surface area contributed by atoms with E-state index in [4.69, 9.17) is 0 Å². The number of aromatic nitrogens is 1. The number of hydrogen-bond acceptors (Lipinski definition) is 5. The molecule has 2 rings (SSSR count). The van der Waals surface area contributed by atoms with E-state index in [1.54, 1.807) is 13.0 Å². The molecule has 0 aliphatic carbocycles. The molecule has 0 radical (unpaired) electrons. The number of pyridine rings is 1. The first-order chi connectivity index (χ1) is 8.66. The van der Waals surface area contributed by atoms with Crippen molar-refractivity contribution in [3.05, 3.63) is 27.9 Å². The van der Waals surface area contributed by atoms with Crippen molar-refractivity contribution in [3.8, 4) is 0 Å². The van der Waals surface area contributed by atoms with Gasteiger partial charge in [0.2, 0.25) is 0 Å². The van der Waals surface area contributed by atoms with Gasteiger partial charge in [-0.15, -0.1) is 0 Å². The van der Waals surface area contributed by atoms with Crippen LogP contribution in [0.5, 0.6) is 0 Å². The molecular formula is C12H18N4O2. The Balaban J connectivity index is 1.93. The van der Waals surface area contributed by atoms with E-state index in [1.165, 1.54) is 19.0 Å². The zero-order chi connectivity index (χ0) is 13.0. The van der Waals surface area contributed by atoms with Gasteiger partial charge in [-0.2, -0.15) is 0 Å². The van der Waals surface area contributed by atoms with Gasteiger partial charge in [-0.05, 0) is 44.8 Å². The van der Waals surface area contributed by atoms with Gasteiger partial charge in [-0.25, -0.2) is 4.98 Å². The molecule has 1 fully saturated rings. The molecule has 0 bridgehead atoms. The fourth-order valence-electron chi connectivity index (χ4n) is 2.17. The molecule has 0 atom stereocenters. The lowest BCUT2D eigenvalue weighted by Gasteiger charge is -2.22. The normalized spacial score (nSPS) is 16.5. The second-order valence-electron chi connectivity index (χ2n) is 4.69. The van der Waals surface area contributed by atoms with Crippen LogP contribution in [0, 0.1) is 23.0 Å². The van der Waals surface area contributed by atoms with Crippen LogP contribution in [-0.4, -0.2) is 29.5 Å². The van der Waals surface area contributed by atoms with Gasteiger partial charge in [0, 0.05) is 12.1 Å². The minimum Gasteiger partial charge on any atom is -0.370 e. The topological polar surface area (TPSA) is 80.1 Å². The summed E-state index contributed by atoms with van der Waals surface area (Å²) in [4.78, 5) is 14.3. The lowest BCUT2D eigenvalue weighted by Crippen LogP contribution is -2.31. The maximum Gasteiger partial charge on any atom is 0.290 e. The third-order valence-electron chi connectivity index (χ3n) is 3.31. The van der Waals surface area contributed by atoms with E-state index in [-0.39, 0.29) is 5.69 Å². The molecule has 1 aliphatic rings. The second kappa shape index (κ2) is 5.77. The van der Waals surface area contributed by atoms with Crippen molar-refractivity contribution in [2.24, 2.45) is 5.92 Å². The van der Waals surface area contributed by atoms with Gasteiger partial charge in [-0.3, -0.25) is 10.1 Å². The number of hydrogen-bond donors (Lipinski definition) is 2. The molecule has 0 unspecified atom stereocenters. The summed E-state index contributed by atoms with van der Waals surface area (Å²) >= 11 is 0. The summed E-state index contributed by atoms with van der Waals surface area (Å²) in [6.07, 6.45) is 3.65. The number of aryl methyl sites for hydroxylation is 1. The van der Waals surface area contributed by atoms with E-state index in [0.717, 1.165) is 25.5 Å². The van der Waals surface area contributed by atoms with Crippen molar-refractivity contribution in [2.75, 3.05) is 25.0 Å². The lowest BCUT2D eigenvalue weighted by molar-refractivity contribution is -0.385. The monoisotopic (exact) mass is 250 g/mol. The molecule has 98 valence electrons. The zero-order valence-corrected chi connectivity index (χ0v) is 10.5. The summed E-state index contributed by atoms with van der Waals surface area (Å²) in [6, 6.07) is 1.74. The average Bonchev–Trinajstić information content (AvgIpc) is 2.37. The summed E-state index contributed by atoms with van der Waals surface area (Å²) in [5, 5.41) is 17.3. The molecule has 6 nitrogen and oxygen atoms in total. The van der Waals surface area contributed by atoms with Crippen LogP contribution in [0.1, 0.15) is 18.4 Å². The molecule has 0 amide bonds. The molecule has 1 aliphatic heterocycles. The Morgan fingerprint density at radius 1 is 1.56 bits per heavy atom. The van der Waals surface area contributed by atoms with Gasteiger partial charge in [-0.1, -0.05) is 0 Å². The number of rotatable bonds is 4. The summed E-state index contributed by atoms with van der Waals surface area (Å²) in [5.41, 5.74) is 0.713. The fraction of sp³-hybridized carbons (Fsp3) is 0.583. The van der Waals surface area contributed by atoms with Crippen molar-refractivity contribution in [1.29, 1.82) is 0 Å². The van der Waals surface area contributed by atoms with Gasteiger partial charge in [0.15, 0.2) is 0 Å². The van der Waals surface area contributed by atoms with Crippen LogP contribution in [0.3, 0.4) is 0 Å². The van der Waals surface area contributed by atoms with Crippen molar-refractivity contribution in [1.82, 2.24) is 10.3 Å². The van der Waals surface area contributed by atoms with Crippen LogP contribution in [0.2, 0.25) is 0 Å². The molecule has 18 heavy (non-hydrogen) atoms. The first-order valence-electron chi connectivity index (χ1n) is 6.22. The Kier molecular flexibility index (Phi) is 4.09. The van der Waals surface area contributed by atoms with Gasteiger partial charge >= 0.3 is 0 Å². The quantitative estimate of drug-likeness (QED) is 0.628. The van der Waals surface area contributed by atoms with E-state index in [9.17, 15) is 10.1 Å². The van der Waals surface area contributed by atoms with E-state index >= 15 is 0 Å². The molecule has 0 aromatic carbocycles. The molecule has 2 heterocycles. The highest BCUT2D eigenvalue weighted by molar-refractivity contribution is 5.46. The SMILES string of the molecule is Cc1cc(NCC2CCNCC2)ncc1[N+](=O)[O-]. The maximum atomic E-state index is 10.7. The van der Waals surface area contributed by atoms with E-state index in [2.05, 4.69) is 15.6 Å². The summed E-state index contributed by atoms with van der Waals surface area (Å²) < 4.78 is 0. The number of nitrogens with one attached hydrogen (secondary N) is 2. The van der Waals surface area contributed by atoms with Gasteiger partial charge in [0.1, 0.15) is 12.0 Å². The van der Waals surface area contributed by atoms with Crippen LogP contribution in [-0.2, 0) is 0 Å². The highest BCUT2D eigenvalue weighted by Gasteiger charge is 2.14. The van der Waals surface area contributed by atoms with Crippen molar-refractivity contribution >= 4 is 11.5 Å². The predicted molar refractivity (Wildman–Crippen MR) is 69.7 cm³/mol. The van der Waals surface area contributed by atoms with Gasteiger partial charge < -0.3 is 10.6 Å². The highest BCUT2D eigenvalue weighted by atomic mass is 16.6. The molecule has 6 heteroatoms. The third kappa shape index (κ3) is 3.16. The van der Waals surface area contributed by atoms with E-state index in [0.29, 0.717) is 11.5 Å². The summed E-state index contributed by atoms with van der Waals surface area (Å²) in [7, 11) is 0. The first-order valence-corrected chi connectivity index (χ1v) is 6.22. The molecule has 2 N–H and O–H groups in total. The second-order valence-corrected chi connectivity index (χ2v) is 4.69. The minimum atomic E-state index is -0.404.